The molecule has 0 aliphatic carbocycles. The average Bonchev–Trinajstić information content (AvgIpc) is 3.34. The van der Waals surface area contributed by atoms with Crippen molar-refractivity contribution >= 4 is 17.4 Å². The normalized spacial score (nSPS) is 18.0. The van der Waals surface area contributed by atoms with Gasteiger partial charge in [-0.3, -0.25) is 9.59 Å². The molecule has 178 valence electrons. The maximum Gasteiger partial charge on any atom is 0.295 e. The smallest absolute Gasteiger partial charge is 0.295 e. The van der Waals surface area contributed by atoms with Gasteiger partial charge in [-0.1, -0.05) is 39.8 Å². The summed E-state index contributed by atoms with van der Waals surface area (Å²) in [7, 11) is 0. The van der Waals surface area contributed by atoms with Crippen LogP contribution in [-0.4, -0.2) is 59.4 Å². The van der Waals surface area contributed by atoms with Crippen LogP contribution in [0.15, 0.2) is 46.4 Å². The number of aliphatic hydroxyl groups excluding tert-OH is 1. The Morgan fingerprint density at radius 2 is 1.91 bits per heavy atom. The number of ether oxygens (including phenoxy) is 1. The van der Waals surface area contributed by atoms with Crippen LogP contribution in [-0.2, 0) is 9.59 Å². The van der Waals surface area contributed by atoms with Gasteiger partial charge in [0.25, 0.3) is 11.7 Å². The number of furan rings is 1. The topological polar surface area (TPSA) is 83.2 Å². The number of hydrogen-bond donors (Lipinski definition) is 1. The van der Waals surface area contributed by atoms with Crippen LogP contribution in [0.1, 0.15) is 50.8 Å². The van der Waals surface area contributed by atoms with E-state index in [2.05, 4.69) is 32.6 Å². The van der Waals surface area contributed by atoms with Gasteiger partial charge in [0.15, 0.2) is 0 Å². The van der Waals surface area contributed by atoms with E-state index in [9.17, 15) is 14.7 Å². The number of aliphatic hydroxyl groups is 1. The summed E-state index contributed by atoms with van der Waals surface area (Å²) in [5, 5.41) is 11.2. The zero-order valence-electron chi connectivity index (χ0n) is 20.1. The lowest BCUT2D eigenvalue weighted by Crippen LogP contribution is -2.37. The Balaban J connectivity index is 2.02. The molecule has 0 saturated carbocycles. The molecule has 1 aromatic carbocycles. The Morgan fingerprint density at radius 3 is 2.52 bits per heavy atom. The standard InChI is InChI=1S/C26H34N2O5/c1-6-27(7-2)13-14-28-23(21-12-11-18(5)33-21)22(25(30)26(28)31)24(29)19-9-8-10-20(15-19)32-16-17(3)4/h8-12,15,17,23,29H,6-7,13-14,16H2,1-5H3/b24-22-. The molecule has 7 nitrogen and oxygen atoms in total. The molecule has 7 heteroatoms. The number of aryl methyl sites for hydroxylation is 1. The maximum atomic E-state index is 13.1. The predicted octanol–water partition coefficient (Wildman–Crippen LogP) is 4.39. The minimum Gasteiger partial charge on any atom is -0.507 e. The molecule has 1 aliphatic heterocycles. The van der Waals surface area contributed by atoms with Gasteiger partial charge in [0.05, 0.1) is 12.2 Å². The van der Waals surface area contributed by atoms with Crippen LogP contribution in [0.2, 0.25) is 0 Å². The Morgan fingerprint density at radius 1 is 1.18 bits per heavy atom. The van der Waals surface area contributed by atoms with E-state index < -0.39 is 17.7 Å². The Kier molecular flexibility index (Phi) is 7.97. The van der Waals surface area contributed by atoms with Crippen LogP contribution in [0.5, 0.6) is 5.75 Å². The monoisotopic (exact) mass is 454 g/mol. The fourth-order valence-corrected chi connectivity index (χ4v) is 3.95. The number of carbonyl (C=O) groups is 2. The quantitative estimate of drug-likeness (QED) is 0.326. The highest BCUT2D eigenvalue weighted by Crippen LogP contribution is 2.40. The number of hydrogen-bond acceptors (Lipinski definition) is 6. The molecule has 1 amide bonds. The van der Waals surface area contributed by atoms with Gasteiger partial charge in [-0.05, 0) is 50.2 Å². The zero-order chi connectivity index (χ0) is 24.1. The van der Waals surface area contributed by atoms with E-state index in [1.54, 1.807) is 43.3 Å². The number of likely N-dealkylation sites (N-methyl/N-ethyl adjacent to an activating group) is 1. The first kappa shape index (κ1) is 24.6. The molecule has 1 N–H and O–H groups in total. The lowest BCUT2D eigenvalue weighted by atomic mass is 9.99. The number of likely N-dealkylation sites (tertiary alicyclic amines) is 1. The van der Waals surface area contributed by atoms with Gasteiger partial charge in [0.2, 0.25) is 0 Å². The molecule has 33 heavy (non-hydrogen) atoms. The van der Waals surface area contributed by atoms with Crippen LogP contribution in [0.4, 0.5) is 0 Å². The van der Waals surface area contributed by atoms with Gasteiger partial charge >= 0.3 is 0 Å². The molecule has 1 fully saturated rings. The lowest BCUT2D eigenvalue weighted by Gasteiger charge is -2.26. The highest BCUT2D eigenvalue weighted by atomic mass is 16.5. The Hall–Kier alpha value is -3.06. The van der Waals surface area contributed by atoms with Crippen molar-refractivity contribution in [2.24, 2.45) is 5.92 Å². The number of carbonyl (C=O) groups excluding carboxylic acids is 2. The molecular formula is C26H34N2O5. The summed E-state index contributed by atoms with van der Waals surface area (Å²) in [6.45, 7) is 13.2. The molecule has 1 atom stereocenters. The van der Waals surface area contributed by atoms with Crippen molar-refractivity contribution in [3.05, 3.63) is 59.1 Å². The third-order valence-electron chi connectivity index (χ3n) is 5.81. The Bertz CT molecular complexity index is 1020. The minimum absolute atomic E-state index is 0.0370. The summed E-state index contributed by atoms with van der Waals surface area (Å²) in [5.74, 6) is 0.500. The third-order valence-corrected chi connectivity index (χ3v) is 5.81. The van der Waals surface area contributed by atoms with E-state index in [4.69, 9.17) is 9.15 Å². The number of ketones is 1. The Labute approximate surface area is 195 Å². The second-order valence-electron chi connectivity index (χ2n) is 8.70. The van der Waals surface area contributed by atoms with Gasteiger partial charge in [0.1, 0.15) is 29.1 Å². The summed E-state index contributed by atoms with van der Waals surface area (Å²) in [6, 6.07) is 9.71. The SMILES string of the molecule is CCN(CC)CCN1C(=O)C(=O)/C(=C(\O)c2cccc(OCC(C)C)c2)C1c1ccc(C)o1. The second-order valence-corrected chi connectivity index (χ2v) is 8.70. The number of amides is 1. The molecule has 2 aromatic rings. The van der Waals surface area contributed by atoms with Crippen molar-refractivity contribution in [2.75, 3.05) is 32.8 Å². The first-order valence-electron chi connectivity index (χ1n) is 11.6. The van der Waals surface area contributed by atoms with Crippen molar-refractivity contribution < 1.29 is 23.8 Å². The molecular weight excluding hydrogens is 420 g/mol. The third kappa shape index (κ3) is 5.47. The summed E-state index contributed by atoms with van der Waals surface area (Å²) in [4.78, 5) is 29.8. The molecule has 3 rings (SSSR count). The van der Waals surface area contributed by atoms with E-state index >= 15 is 0 Å². The van der Waals surface area contributed by atoms with Crippen molar-refractivity contribution in [1.29, 1.82) is 0 Å². The molecule has 1 aromatic heterocycles. The molecule has 0 radical (unpaired) electrons. The number of benzene rings is 1. The maximum absolute atomic E-state index is 13.1. The zero-order valence-corrected chi connectivity index (χ0v) is 20.1. The summed E-state index contributed by atoms with van der Waals surface area (Å²) in [6.07, 6.45) is 0. The summed E-state index contributed by atoms with van der Waals surface area (Å²) >= 11 is 0. The number of nitrogens with zero attached hydrogens (tertiary/aromatic N) is 2. The lowest BCUT2D eigenvalue weighted by molar-refractivity contribution is -0.140. The molecule has 2 heterocycles. The van der Waals surface area contributed by atoms with E-state index in [0.29, 0.717) is 48.4 Å². The van der Waals surface area contributed by atoms with Crippen LogP contribution in [0.25, 0.3) is 5.76 Å². The fraction of sp³-hybridized carbons (Fsp3) is 0.462. The summed E-state index contributed by atoms with van der Waals surface area (Å²) < 4.78 is 11.6. The average molecular weight is 455 g/mol. The van der Waals surface area contributed by atoms with Crippen LogP contribution in [0, 0.1) is 12.8 Å². The molecule has 1 saturated heterocycles. The van der Waals surface area contributed by atoms with E-state index in [1.165, 1.54) is 4.90 Å². The molecule has 1 aliphatic rings. The molecule has 0 bridgehead atoms. The molecule has 0 spiro atoms. The fourth-order valence-electron chi connectivity index (χ4n) is 3.95. The van der Waals surface area contributed by atoms with Gasteiger partial charge in [0, 0.05) is 18.7 Å². The van der Waals surface area contributed by atoms with Crippen molar-refractivity contribution in [3.63, 3.8) is 0 Å². The predicted molar refractivity (Wildman–Crippen MR) is 127 cm³/mol. The highest BCUT2D eigenvalue weighted by molar-refractivity contribution is 6.46. The van der Waals surface area contributed by atoms with Crippen molar-refractivity contribution in [3.8, 4) is 5.75 Å². The van der Waals surface area contributed by atoms with Gasteiger partial charge < -0.3 is 24.1 Å². The summed E-state index contributed by atoms with van der Waals surface area (Å²) in [5.41, 5.74) is 0.459. The second kappa shape index (κ2) is 10.7. The van der Waals surface area contributed by atoms with Crippen LogP contribution < -0.4 is 4.74 Å². The first-order chi connectivity index (χ1) is 15.8. The van der Waals surface area contributed by atoms with Gasteiger partial charge in [-0.2, -0.15) is 0 Å². The van der Waals surface area contributed by atoms with Crippen molar-refractivity contribution in [2.45, 2.75) is 40.7 Å². The highest BCUT2D eigenvalue weighted by Gasteiger charge is 2.47. The van der Waals surface area contributed by atoms with Crippen LogP contribution in [0.3, 0.4) is 0 Å². The minimum atomic E-state index is -0.783. The number of rotatable bonds is 10. The largest absolute Gasteiger partial charge is 0.507 e. The molecule has 1 unspecified atom stereocenters. The van der Waals surface area contributed by atoms with E-state index in [1.807, 2.05) is 0 Å². The first-order valence-corrected chi connectivity index (χ1v) is 11.6. The van der Waals surface area contributed by atoms with Gasteiger partial charge in [-0.15, -0.1) is 0 Å². The van der Waals surface area contributed by atoms with Crippen LogP contribution >= 0.6 is 0 Å². The van der Waals surface area contributed by atoms with E-state index in [0.717, 1.165) is 13.1 Å². The number of Topliss-reactive ketones (excluding diaryl/α,β-unsaturated/α-hetero) is 1. The van der Waals surface area contributed by atoms with Crippen molar-refractivity contribution in [1.82, 2.24) is 9.80 Å². The van der Waals surface area contributed by atoms with E-state index in [-0.39, 0.29) is 11.3 Å². The van der Waals surface area contributed by atoms with Gasteiger partial charge in [-0.25, -0.2) is 0 Å².